The number of rotatable bonds is 8. The van der Waals surface area contributed by atoms with Gasteiger partial charge in [-0.15, -0.1) is 0 Å². The van der Waals surface area contributed by atoms with Gasteiger partial charge in [-0.1, -0.05) is 24.8 Å². The predicted molar refractivity (Wildman–Crippen MR) is 103 cm³/mol. The molecule has 0 aromatic heterocycles. The van der Waals surface area contributed by atoms with E-state index in [-0.39, 0.29) is 5.82 Å². The number of allylic oxidation sites excluding steroid dienone is 2. The summed E-state index contributed by atoms with van der Waals surface area (Å²) in [7, 11) is 0. The summed E-state index contributed by atoms with van der Waals surface area (Å²) >= 11 is 0. The Hall–Kier alpha value is -3.06. The molecule has 0 aliphatic rings. The minimum atomic E-state index is -0.338. The van der Waals surface area contributed by atoms with Crippen LogP contribution in [0.3, 0.4) is 0 Å². The number of ether oxygens (including phenoxy) is 1. The third kappa shape index (κ3) is 5.22. The molecule has 4 heteroatoms. The Morgan fingerprint density at radius 2 is 2.12 bits per heavy atom. The van der Waals surface area contributed by atoms with E-state index in [1.54, 1.807) is 12.1 Å². The topological polar surface area (TPSA) is 36.3 Å². The second kappa shape index (κ2) is 9.43. The Kier molecular flexibility index (Phi) is 6.99. The molecule has 2 aromatic carbocycles. The molecule has 0 aliphatic heterocycles. The van der Waals surface area contributed by atoms with Gasteiger partial charge in [0, 0.05) is 23.7 Å². The maximum absolute atomic E-state index is 13.9. The smallest absolute Gasteiger partial charge is 0.127 e. The van der Waals surface area contributed by atoms with Gasteiger partial charge in [-0.25, -0.2) is 4.39 Å². The Balaban J connectivity index is 1.93. The Bertz CT molecular complexity index is 836. The fraction of sp³-hybridized carbons (Fsp3) is 0.227. The molecule has 0 bridgehead atoms. The molecule has 0 spiro atoms. The molecule has 3 nitrogen and oxygen atoms in total. The van der Waals surface area contributed by atoms with Crippen molar-refractivity contribution in [2.75, 3.05) is 11.5 Å². The van der Waals surface area contributed by atoms with Gasteiger partial charge in [0.25, 0.3) is 0 Å². The molecule has 26 heavy (non-hydrogen) atoms. The van der Waals surface area contributed by atoms with Crippen LogP contribution in [-0.4, -0.2) is 6.61 Å². The van der Waals surface area contributed by atoms with Crippen LogP contribution in [-0.2, 0) is 6.42 Å². The highest BCUT2D eigenvalue weighted by atomic mass is 19.1. The molecule has 0 radical (unpaired) electrons. The number of aryl methyl sites for hydroxylation is 1. The summed E-state index contributed by atoms with van der Waals surface area (Å²) in [5, 5.41) is 8.77. The van der Waals surface area contributed by atoms with Crippen LogP contribution in [0.25, 0.3) is 0 Å². The van der Waals surface area contributed by atoms with E-state index in [4.69, 9.17) is 10.00 Å². The van der Waals surface area contributed by atoms with Crippen molar-refractivity contribution < 1.29 is 9.13 Å². The van der Waals surface area contributed by atoms with Crippen LogP contribution >= 0.6 is 0 Å². The standard InChI is InChI=1S/C22H23FN2O/c1-4-12-25(17(2)3)20-8-5-9-21(15-20)26-13-6-7-19-11-10-18(16-24)14-22(19)23/h4-5,8-12,14-15H,2,6-7,13H2,1,3H3/b12-4-. The molecule has 0 saturated heterocycles. The van der Waals surface area contributed by atoms with E-state index in [0.717, 1.165) is 17.1 Å². The van der Waals surface area contributed by atoms with Crippen molar-refractivity contribution in [2.45, 2.75) is 26.7 Å². The lowest BCUT2D eigenvalue weighted by Crippen LogP contribution is -2.12. The van der Waals surface area contributed by atoms with Gasteiger partial charge in [-0.3, -0.25) is 0 Å². The van der Waals surface area contributed by atoms with E-state index in [1.165, 1.54) is 6.07 Å². The molecule has 134 valence electrons. The summed E-state index contributed by atoms with van der Waals surface area (Å²) in [5.41, 5.74) is 2.83. The second-order valence-corrected chi connectivity index (χ2v) is 5.96. The minimum absolute atomic E-state index is 0.336. The van der Waals surface area contributed by atoms with Gasteiger partial charge >= 0.3 is 0 Å². The first-order valence-electron chi connectivity index (χ1n) is 8.54. The fourth-order valence-electron chi connectivity index (χ4n) is 2.58. The summed E-state index contributed by atoms with van der Waals surface area (Å²) in [6.45, 7) is 8.37. The molecular weight excluding hydrogens is 327 g/mol. The lowest BCUT2D eigenvalue weighted by atomic mass is 10.1. The first-order chi connectivity index (χ1) is 12.5. The summed E-state index contributed by atoms with van der Waals surface area (Å²) in [5.74, 6) is 0.424. The molecular formula is C22H23FN2O. The average Bonchev–Trinajstić information content (AvgIpc) is 2.64. The molecule has 0 heterocycles. The number of hydrogen-bond donors (Lipinski definition) is 0. The van der Waals surface area contributed by atoms with Crippen LogP contribution in [0.1, 0.15) is 31.4 Å². The monoisotopic (exact) mass is 350 g/mol. The average molecular weight is 350 g/mol. The van der Waals surface area contributed by atoms with Crippen molar-refractivity contribution in [1.82, 2.24) is 0 Å². The quantitative estimate of drug-likeness (QED) is 0.583. The SMILES string of the molecule is C=C(C)N(/C=C\C)c1cccc(OCCCc2ccc(C#N)cc2F)c1. The number of benzene rings is 2. The second-order valence-electron chi connectivity index (χ2n) is 5.96. The third-order valence-electron chi connectivity index (χ3n) is 3.85. The molecule has 0 fully saturated rings. The van der Waals surface area contributed by atoms with Gasteiger partial charge in [0.1, 0.15) is 11.6 Å². The number of halogens is 1. The Morgan fingerprint density at radius 3 is 2.77 bits per heavy atom. The van der Waals surface area contributed by atoms with Crippen molar-refractivity contribution in [1.29, 1.82) is 5.26 Å². The molecule has 0 aliphatic carbocycles. The van der Waals surface area contributed by atoms with Crippen LogP contribution in [0.5, 0.6) is 5.75 Å². The summed E-state index contributed by atoms with van der Waals surface area (Å²) in [6.07, 6.45) is 5.16. The van der Waals surface area contributed by atoms with Crippen molar-refractivity contribution in [3.8, 4) is 11.8 Å². The van der Waals surface area contributed by atoms with E-state index in [9.17, 15) is 4.39 Å². The first kappa shape index (κ1) is 19.3. The molecule has 0 atom stereocenters. The van der Waals surface area contributed by atoms with E-state index in [1.807, 2.05) is 61.4 Å². The largest absolute Gasteiger partial charge is 0.494 e. The summed E-state index contributed by atoms with van der Waals surface area (Å²) in [4.78, 5) is 1.99. The maximum atomic E-state index is 13.9. The molecule has 0 unspecified atom stereocenters. The van der Waals surface area contributed by atoms with Gasteiger partial charge in [0.2, 0.25) is 0 Å². The number of hydrogen-bond acceptors (Lipinski definition) is 3. The van der Waals surface area contributed by atoms with Crippen LogP contribution in [0.4, 0.5) is 10.1 Å². The first-order valence-corrected chi connectivity index (χ1v) is 8.54. The van der Waals surface area contributed by atoms with Crippen molar-refractivity contribution in [3.63, 3.8) is 0 Å². The van der Waals surface area contributed by atoms with Gasteiger partial charge < -0.3 is 9.64 Å². The molecule has 0 amide bonds. The van der Waals surface area contributed by atoms with E-state index in [2.05, 4.69) is 6.58 Å². The summed E-state index contributed by atoms with van der Waals surface area (Å²) in [6, 6.07) is 14.3. The van der Waals surface area contributed by atoms with Gasteiger partial charge in [0.05, 0.1) is 18.2 Å². The Labute approximate surface area is 154 Å². The highest BCUT2D eigenvalue weighted by Crippen LogP contribution is 2.24. The number of nitrogens with zero attached hydrogens (tertiary/aromatic N) is 2. The Morgan fingerprint density at radius 1 is 1.31 bits per heavy atom. The molecule has 0 saturated carbocycles. The minimum Gasteiger partial charge on any atom is -0.494 e. The summed E-state index contributed by atoms with van der Waals surface area (Å²) < 4.78 is 19.7. The molecule has 2 rings (SSSR count). The third-order valence-corrected chi connectivity index (χ3v) is 3.85. The van der Waals surface area contributed by atoms with Gasteiger partial charge in [-0.05, 0) is 56.5 Å². The van der Waals surface area contributed by atoms with Crippen LogP contribution < -0.4 is 9.64 Å². The van der Waals surface area contributed by atoms with Gasteiger partial charge in [-0.2, -0.15) is 5.26 Å². The number of anilines is 1. The van der Waals surface area contributed by atoms with Gasteiger partial charge in [0.15, 0.2) is 0 Å². The highest BCUT2D eigenvalue weighted by Gasteiger charge is 2.06. The van der Waals surface area contributed by atoms with E-state index >= 15 is 0 Å². The van der Waals surface area contributed by atoms with Crippen LogP contribution in [0, 0.1) is 17.1 Å². The van der Waals surface area contributed by atoms with Crippen molar-refractivity contribution >= 4 is 5.69 Å². The number of nitriles is 1. The highest BCUT2D eigenvalue weighted by molar-refractivity contribution is 5.57. The lowest BCUT2D eigenvalue weighted by molar-refractivity contribution is 0.310. The van der Waals surface area contributed by atoms with Crippen molar-refractivity contribution in [2.24, 2.45) is 0 Å². The van der Waals surface area contributed by atoms with Crippen LogP contribution in [0.15, 0.2) is 67.0 Å². The zero-order valence-electron chi connectivity index (χ0n) is 15.2. The predicted octanol–water partition coefficient (Wildman–Crippen LogP) is 5.58. The van der Waals surface area contributed by atoms with Crippen molar-refractivity contribution in [3.05, 3.63) is 84.0 Å². The maximum Gasteiger partial charge on any atom is 0.127 e. The van der Waals surface area contributed by atoms with E-state index in [0.29, 0.717) is 30.6 Å². The lowest BCUT2D eigenvalue weighted by Gasteiger charge is -2.21. The fourth-order valence-corrected chi connectivity index (χ4v) is 2.58. The van der Waals surface area contributed by atoms with Crippen LogP contribution in [0.2, 0.25) is 0 Å². The zero-order valence-corrected chi connectivity index (χ0v) is 15.2. The molecule has 2 aromatic rings. The van der Waals surface area contributed by atoms with E-state index < -0.39 is 0 Å². The normalized spacial score (nSPS) is 10.5. The zero-order chi connectivity index (χ0) is 18.9. The molecule has 0 N–H and O–H groups in total.